The van der Waals surface area contributed by atoms with Crippen molar-refractivity contribution in [2.45, 2.75) is 19.3 Å². The van der Waals surface area contributed by atoms with Gasteiger partial charge in [0.15, 0.2) is 0 Å². The van der Waals surface area contributed by atoms with Crippen molar-refractivity contribution in [1.29, 1.82) is 0 Å². The molecule has 0 N–H and O–H groups in total. The van der Waals surface area contributed by atoms with Gasteiger partial charge in [0.1, 0.15) is 0 Å². The zero-order valence-electron chi connectivity index (χ0n) is 25.1. The molecule has 2 heteroatoms. The maximum absolute atomic E-state index is 2.46. The summed E-state index contributed by atoms with van der Waals surface area (Å²) in [5, 5.41) is 11.0. The van der Waals surface area contributed by atoms with E-state index in [2.05, 4.69) is 158 Å². The molecule has 1 aliphatic carbocycles. The SMILES string of the molecule is CC1(C)c2ccccc2-c2cc3cccc4c5c6ccc(N(c7ccccc7)c7ccccc7)cc6sc5c5ccc1c2c5c34. The van der Waals surface area contributed by atoms with Gasteiger partial charge in [0.25, 0.3) is 0 Å². The lowest BCUT2D eigenvalue weighted by Gasteiger charge is -2.36. The quantitative estimate of drug-likeness (QED) is 0.185. The predicted molar refractivity (Wildman–Crippen MR) is 195 cm³/mol. The minimum Gasteiger partial charge on any atom is -0.310 e. The van der Waals surface area contributed by atoms with E-state index in [9.17, 15) is 0 Å². The zero-order valence-corrected chi connectivity index (χ0v) is 26.0. The summed E-state index contributed by atoms with van der Waals surface area (Å²) in [6.07, 6.45) is 0. The monoisotopic (exact) mass is 591 g/mol. The van der Waals surface area contributed by atoms with E-state index in [1.165, 1.54) is 80.4 Å². The van der Waals surface area contributed by atoms with Crippen LogP contribution in [0, 0.1) is 0 Å². The minimum atomic E-state index is -0.0710. The van der Waals surface area contributed by atoms with Crippen molar-refractivity contribution >= 4 is 80.9 Å². The molecule has 0 fully saturated rings. The fourth-order valence-corrected chi connectivity index (χ4v) is 9.44. The molecule has 0 bridgehead atoms. The third-order valence-electron chi connectivity index (χ3n) is 10.2. The summed E-state index contributed by atoms with van der Waals surface area (Å²) >= 11 is 1.94. The van der Waals surface area contributed by atoms with Crippen LogP contribution in [-0.4, -0.2) is 0 Å². The maximum Gasteiger partial charge on any atom is 0.0476 e. The van der Waals surface area contributed by atoms with Crippen LogP contribution in [0.5, 0.6) is 0 Å². The van der Waals surface area contributed by atoms with Gasteiger partial charge in [-0.1, -0.05) is 111 Å². The van der Waals surface area contributed by atoms with Crippen molar-refractivity contribution in [3.05, 3.63) is 151 Å². The molecule has 9 aromatic rings. The van der Waals surface area contributed by atoms with Gasteiger partial charge in [-0.25, -0.2) is 0 Å². The number of hydrogen-bond acceptors (Lipinski definition) is 2. The normalized spacial score (nSPS) is 13.7. The Hall–Kier alpha value is -5.18. The number of para-hydroxylation sites is 2. The van der Waals surface area contributed by atoms with Gasteiger partial charge in [-0.15, -0.1) is 11.3 Å². The number of benzene rings is 8. The highest BCUT2D eigenvalue weighted by molar-refractivity contribution is 7.27. The van der Waals surface area contributed by atoms with Crippen LogP contribution >= 0.6 is 11.3 Å². The van der Waals surface area contributed by atoms with Crippen molar-refractivity contribution in [2.75, 3.05) is 4.90 Å². The third kappa shape index (κ3) is 3.32. The van der Waals surface area contributed by atoms with E-state index in [-0.39, 0.29) is 5.41 Å². The summed E-state index contributed by atoms with van der Waals surface area (Å²) in [7, 11) is 0. The van der Waals surface area contributed by atoms with Gasteiger partial charge in [0, 0.05) is 48.0 Å². The first kappa shape index (κ1) is 25.2. The Kier molecular flexibility index (Phi) is 5.00. The summed E-state index contributed by atoms with van der Waals surface area (Å²) in [4.78, 5) is 2.36. The first-order valence-electron chi connectivity index (χ1n) is 15.7. The van der Waals surface area contributed by atoms with Crippen molar-refractivity contribution in [1.82, 2.24) is 0 Å². The Morgan fingerprint density at radius 2 is 1.18 bits per heavy atom. The van der Waals surface area contributed by atoms with Crippen molar-refractivity contribution in [2.24, 2.45) is 0 Å². The molecule has 0 spiro atoms. The largest absolute Gasteiger partial charge is 0.310 e. The second-order valence-electron chi connectivity index (χ2n) is 12.9. The van der Waals surface area contributed by atoms with Crippen LogP contribution in [0.1, 0.15) is 25.0 Å². The molecule has 1 heterocycles. The second kappa shape index (κ2) is 8.94. The molecule has 0 radical (unpaired) electrons. The Morgan fingerprint density at radius 3 is 1.96 bits per heavy atom. The second-order valence-corrected chi connectivity index (χ2v) is 14.0. The standard InChI is InChI=1S/C43H29NS/c1-43(2)35-19-10-9-17-30(35)34-24-26-12-11-18-32-38(26)41-33(22-23-36(43)40(34)41)42-39(32)31-21-20-29(25-37(31)45-42)44(27-13-5-3-6-14-27)28-15-7-4-8-16-28/h3-25H,1-2H3. The molecule has 0 saturated heterocycles. The van der Waals surface area contributed by atoms with Gasteiger partial charge in [0.2, 0.25) is 0 Å². The topological polar surface area (TPSA) is 3.24 Å². The van der Waals surface area contributed by atoms with Crippen LogP contribution < -0.4 is 4.90 Å². The van der Waals surface area contributed by atoms with E-state index in [0.29, 0.717) is 0 Å². The molecule has 212 valence electrons. The van der Waals surface area contributed by atoms with E-state index >= 15 is 0 Å². The lowest BCUT2D eigenvalue weighted by Crippen LogP contribution is -2.23. The fourth-order valence-electron chi connectivity index (χ4n) is 8.16. The van der Waals surface area contributed by atoms with Gasteiger partial charge in [-0.3, -0.25) is 0 Å². The van der Waals surface area contributed by atoms with Crippen LogP contribution in [-0.2, 0) is 5.41 Å². The minimum absolute atomic E-state index is 0.0710. The lowest BCUT2D eigenvalue weighted by molar-refractivity contribution is 0.645. The average Bonchev–Trinajstić information content (AvgIpc) is 3.47. The number of nitrogens with zero attached hydrogens (tertiary/aromatic N) is 1. The number of thiophene rings is 1. The van der Waals surface area contributed by atoms with Crippen molar-refractivity contribution in [3.63, 3.8) is 0 Å². The summed E-state index contributed by atoms with van der Waals surface area (Å²) in [6, 6.07) is 51.6. The Balaban J connectivity index is 1.31. The molecule has 0 unspecified atom stereocenters. The third-order valence-corrected chi connectivity index (χ3v) is 11.3. The Labute approximate surface area is 265 Å². The molecule has 45 heavy (non-hydrogen) atoms. The van der Waals surface area contributed by atoms with Gasteiger partial charge < -0.3 is 4.90 Å². The summed E-state index contributed by atoms with van der Waals surface area (Å²) in [5.74, 6) is 0. The molecule has 8 aromatic carbocycles. The van der Waals surface area contributed by atoms with Crippen LogP contribution in [0.25, 0.3) is 63.6 Å². The van der Waals surface area contributed by atoms with Crippen molar-refractivity contribution in [3.8, 4) is 11.1 Å². The highest BCUT2D eigenvalue weighted by Crippen LogP contribution is 2.55. The van der Waals surface area contributed by atoms with Crippen molar-refractivity contribution < 1.29 is 0 Å². The van der Waals surface area contributed by atoms with E-state index in [1.807, 2.05) is 11.3 Å². The van der Waals surface area contributed by atoms with Crippen LogP contribution in [0.4, 0.5) is 17.1 Å². The highest BCUT2D eigenvalue weighted by atomic mass is 32.1. The van der Waals surface area contributed by atoms with Crippen LogP contribution in [0.3, 0.4) is 0 Å². The molecule has 0 atom stereocenters. The maximum atomic E-state index is 2.46. The van der Waals surface area contributed by atoms with Crippen LogP contribution in [0.15, 0.2) is 140 Å². The van der Waals surface area contributed by atoms with Crippen LogP contribution in [0.2, 0.25) is 0 Å². The molecule has 0 amide bonds. The first-order valence-corrected chi connectivity index (χ1v) is 16.5. The fraction of sp³-hybridized carbons (Fsp3) is 0.0698. The predicted octanol–water partition coefficient (Wildman–Crippen LogP) is 12.7. The van der Waals surface area contributed by atoms with E-state index < -0.39 is 0 Å². The number of anilines is 3. The Morgan fingerprint density at radius 1 is 0.467 bits per heavy atom. The number of rotatable bonds is 3. The van der Waals surface area contributed by atoms with E-state index in [0.717, 1.165) is 11.4 Å². The number of hydrogen-bond donors (Lipinski definition) is 0. The van der Waals surface area contributed by atoms with Gasteiger partial charge in [0.05, 0.1) is 0 Å². The summed E-state index contributed by atoms with van der Waals surface area (Å²) < 4.78 is 2.70. The van der Waals surface area contributed by atoms with E-state index in [1.54, 1.807) is 0 Å². The smallest absolute Gasteiger partial charge is 0.0476 e. The van der Waals surface area contributed by atoms with Gasteiger partial charge >= 0.3 is 0 Å². The first-order chi connectivity index (χ1) is 22.1. The Bertz CT molecular complexity index is 2570. The molecule has 0 saturated carbocycles. The average molecular weight is 592 g/mol. The van der Waals surface area contributed by atoms with E-state index in [4.69, 9.17) is 0 Å². The molecule has 0 aliphatic heterocycles. The molecule has 1 nitrogen and oxygen atoms in total. The number of fused-ring (bicyclic) bond motifs is 7. The molecular weight excluding hydrogens is 563 g/mol. The molecule has 1 aromatic heterocycles. The molecule has 10 rings (SSSR count). The zero-order chi connectivity index (χ0) is 29.9. The lowest BCUT2D eigenvalue weighted by atomic mass is 9.67. The summed E-state index contributed by atoms with van der Waals surface area (Å²) in [6.45, 7) is 4.78. The van der Waals surface area contributed by atoms with Gasteiger partial charge in [-0.2, -0.15) is 0 Å². The van der Waals surface area contributed by atoms with Gasteiger partial charge in [-0.05, 0) is 91.6 Å². The molecule has 1 aliphatic rings. The highest BCUT2D eigenvalue weighted by Gasteiger charge is 2.35. The molecular formula is C43H29NS. The summed E-state index contributed by atoms with van der Waals surface area (Å²) in [5.41, 5.74) is 8.99.